The maximum atomic E-state index is 12.1. The number of carboxylic acid groups (broad SMARTS) is 1. The monoisotopic (exact) mass is 330 g/mol. The highest BCUT2D eigenvalue weighted by molar-refractivity contribution is 6.44. The van der Waals surface area contributed by atoms with Gasteiger partial charge in [-0.1, -0.05) is 36.2 Å². The number of carboxylic acids is 1. The van der Waals surface area contributed by atoms with Gasteiger partial charge in [0.2, 0.25) is 5.91 Å². The van der Waals surface area contributed by atoms with E-state index in [1.54, 1.807) is 23.1 Å². The van der Waals surface area contributed by atoms with Gasteiger partial charge in [-0.3, -0.25) is 14.5 Å². The van der Waals surface area contributed by atoms with Crippen LogP contribution in [0.25, 0.3) is 0 Å². The Morgan fingerprint density at radius 3 is 2.81 bits per heavy atom. The van der Waals surface area contributed by atoms with Gasteiger partial charge < -0.3 is 10.4 Å². The Kier molecular flexibility index (Phi) is 5.08. The lowest BCUT2D eigenvalue weighted by Crippen LogP contribution is -2.43. The van der Waals surface area contributed by atoms with Crippen LogP contribution >= 0.6 is 23.2 Å². The molecule has 1 fully saturated rings. The first-order valence-electron chi connectivity index (χ1n) is 6.61. The quantitative estimate of drug-likeness (QED) is 0.890. The van der Waals surface area contributed by atoms with Gasteiger partial charge >= 0.3 is 5.97 Å². The highest BCUT2D eigenvalue weighted by Crippen LogP contribution is 2.30. The Balaban J connectivity index is 2.02. The zero-order valence-corrected chi connectivity index (χ0v) is 13.0. The van der Waals surface area contributed by atoms with Crippen LogP contribution in [0.1, 0.15) is 13.3 Å². The van der Waals surface area contributed by atoms with Crippen molar-refractivity contribution in [2.45, 2.75) is 19.4 Å². The molecule has 1 aromatic carbocycles. The average molecular weight is 331 g/mol. The Bertz CT molecular complexity index is 565. The van der Waals surface area contributed by atoms with Crippen LogP contribution in [0.5, 0.6) is 0 Å². The van der Waals surface area contributed by atoms with Crippen LogP contribution in [-0.2, 0) is 9.59 Å². The minimum absolute atomic E-state index is 0.0180. The molecule has 114 valence electrons. The molecule has 2 rings (SSSR count). The summed E-state index contributed by atoms with van der Waals surface area (Å²) < 4.78 is 0. The van der Waals surface area contributed by atoms with Crippen LogP contribution in [0.15, 0.2) is 18.2 Å². The molecule has 0 bridgehead atoms. The van der Waals surface area contributed by atoms with Crippen LogP contribution in [0.3, 0.4) is 0 Å². The van der Waals surface area contributed by atoms with Gasteiger partial charge in [0.15, 0.2) is 0 Å². The van der Waals surface area contributed by atoms with E-state index in [2.05, 4.69) is 5.32 Å². The van der Waals surface area contributed by atoms with Crippen LogP contribution < -0.4 is 5.32 Å². The topological polar surface area (TPSA) is 69.6 Å². The number of carbonyl (C=O) groups is 2. The molecule has 2 unspecified atom stereocenters. The standard InChI is InChI=1S/C14H16Cl2N2O3/c1-8-5-6-18(13(8)14(20)21)7-11(19)17-10-4-2-3-9(15)12(10)16/h2-4,8,13H,5-7H2,1H3,(H,17,19)(H,20,21). The van der Waals surface area contributed by atoms with Gasteiger partial charge in [0.1, 0.15) is 6.04 Å². The Labute approximate surface area is 132 Å². The number of hydrogen-bond acceptors (Lipinski definition) is 3. The number of likely N-dealkylation sites (tertiary alicyclic amines) is 1. The molecule has 1 amide bonds. The van der Waals surface area contributed by atoms with Crippen molar-refractivity contribution in [3.8, 4) is 0 Å². The van der Waals surface area contributed by atoms with E-state index in [-0.39, 0.29) is 23.4 Å². The van der Waals surface area contributed by atoms with E-state index in [0.29, 0.717) is 17.3 Å². The fraction of sp³-hybridized carbons (Fsp3) is 0.429. The highest BCUT2D eigenvalue weighted by Gasteiger charge is 2.37. The maximum absolute atomic E-state index is 12.1. The van der Waals surface area contributed by atoms with Gasteiger partial charge in [0, 0.05) is 0 Å². The SMILES string of the molecule is CC1CCN(CC(=O)Nc2cccc(Cl)c2Cl)C1C(=O)O. The summed E-state index contributed by atoms with van der Waals surface area (Å²) in [5.41, 5.74) is 0.424. The minimum atomic E-state index is -0.895. The summed E-state index contributed by atoms with van der Waals surface area (Å²) in [6.07, 6.45) is 0.766. The minimum Gasteiger partial charge on any atom is -0.480 e. The van der Waals surface area contributed by atoms with E-state index in [9.17, 15) is 14.7 Å². The summed E-state index contributed by atoms with van der Waals surface area (Å²) in [4.78, 5) is 25.0. The summed E-state index contributed by atoms with van der Waals surface area (Å²) in [7, 11) is 0. The van der Waals surface area contributed by atoms with E-state index >= 15 is 0 Å². The molecular formula is C14H16Cl2N2O3. The first-order chi connectivity index (χ1) is 9.90. The molecule has 5 nitrogen and oxygen atoms in total. The summed E-state index contributed by atoms with van der Waals surface area (Å²) in [6.45, 7) is 2.49. The van der Waals surface area contributed by atoms with Crippen molar-refractivity contribution in [3.63, 3.8) is 0 Å². The molecule has 1 aromatic rings. The smallest absolute Gasteiger partial charge is 0.321 e. The van der Waals surface area contributed by atoms with Crippen molar-refractivity contribution < 1.29 is 14.7 Å². The largest absolute Gasteiger partial charge is 0.480 e. The summed E-state index contributed by atoms with van der Waals surface area (Å²) >= 11 is 11.9. The number of rotatable bonds is 4. The van der Waals surface area contributed by atoms with Gasteiger partial charge in [0.05, 0.1) is 22.3 Å². The van der Waals surface area contributed by atoms with Crippen LogP contribution in [0, 0.1) is 5.92 Å². The number of nitrogens with zero attached hydrogens (tertiary/aromatic N) is 1. The molecule has 1 aliphatic rings. The predicted molar refractivity (Wildman–Crippen MR) is 81.9 cm³/mol. The Morgan fingerprint density at radius 1 is 1.43 bits per heavy atom. The second-order valence-corrected chi connectivity index (χ2v) is 5.95. The lowest BCUT2D eigenvalue weighted by molar-refractivity contribution is -0.143. The molecule has 1 aliphatic heterocycles. The molecule has 0 radical (unpaired) electrons. The Morgan fingerprint density at radius 2 is 2.14 bits per heavy atom. The van der Waals surface area contributed by atoms with Gasteiger partial charge in [-0.25, -0.2) is 0 Å². The highest BCUT2D eigenvalue weighted by atomic mass is 35.5. The van der Waals surface area contributed by atoms with Crippen molar-refractivity contribution in [2.24, 2.45) is 5.92 Å². The van der Waals surface area contributed by atoms with Gasteiger partial charge in [-0.2, -0.15) is 0 Å². The molecule has 1 heterocycles. The van der Waals surface area contributed by atoms with E-state index < -0.39 is 12.0 Å². The number of nitrogens with one attached hydrogen (secondary N) is 1. The van der Waals surface area contributed by atoms with Crippen LogP contribution in [0.4, 0.5) is 5.69 Å². The van der Waals surface area contributed by atoms with Crippen molar-refractivity contribution in [2.75, 3.05) is 18.4 Å². The van der Waals surface area contributed by atoms with Gasteiger partial charge in [0.25, 0.3) is 0 Å². The molecule has 2 atom stereocenters. The molecule has 7 heteroatoms. The molecule has 21 heavy (non-hydrogen) atoms. The predicted octanol–water partition coefficient (Wildman–Crippen LogP) is 2.73. The first-order valence-corrected chi connectivity index (χ1v) is 7.36. The molecule has 2 N–H and O–H groups in total. The summed E-state index contributed by atoms with van der Waals surface area (Å²) in [5, 5.41) is 12.5. The number of anilines is 1. The number of hydrogen-bond donors (Lipinski definition) is 2. The number of carbonyl (C=O) groups excluding carboxylic acids is 1. The van der Waals surface area contributed by atoms with Crippen molar-refractivity contribution in [1.29, 1.82) is 0 Å². The number of amides is 1. The van der Waals surface area contributed by atoms with E-state index in [0.717, 1.165) is 6.42 Å². The number of halogens is 2. The third kappa shape index (κ3) is 3.67. The van der Waals surface area contributed by atoms with Crippen molar-refractivity contribution in [3.05, 3.63) is 28.2 Å². The zero-order valence-electron chi connectivity index (χ0n) is 11.5. The number of benzene rings is 1. The van der Waals surface area contributed by atoms with Crippen LogP contribution in [-0.4, -0.2) is 41.0 Å². The van der Waals surface area contributed by atoms with Crippen molar-refractivity contribution in [1.82, 2.24) is 4.90 Å². The average Bonchev–Trinajstić information content (AvgIpc) is 2.76. The van der Waals surface area contributed by atoms with Gasteiger partial charge in [-0.15, -0.1) is 0 Å². The normalized spacial score (nSPS) is 22.2. The van der Waals surface area contributed by atoms with E-state index in [4.69, 9.17) is 23.2 Å². The summed E-state index contributed by atoms with van der Waals surface area (Å²) in [5.74, 6) is -1.17. The molecule has 1 saturated heterocycles. The molecule has 0 spiro atoms. The van der Waals surface area contributed by atoms with Crippen LogP contribution in [0.2, 0.25) is 10.0 Å². The molecule has 0 saturated carbocycles. The first kappa shape index (κ1) is 16.1. The fourth-order valence-corrected chi connectivity index (χ4v) is 2.93. The lowest BCUT2D eigenvalue weighted by Gasteiger charge is -2.22. The third-order valence-corrected chi connectivity index (χ3v) is 4.45. The molecule has 0 aliphatic carbocycles. The lowest BCUT2D eigenvalue weighted by atomic mass is 10.0. The second-order valence-electron chi connectivity index (χ2n) is 5.17. The van der Waals surface area contributed by atoms with Gasteiger partial charge in [-0.05, 0) is 31.0 Å². The molecular weight excluding hydrogens is 315 g/mol. The molecule has 0 aromatic heterocycles. The number of aliphatic carboxylic acids is 1. The zero-order chi connectivity index (χ0) is 15.6. The van der Waals surface area contributed by atoms with E-state index in [1.807, 2.05) is 6.92 Å². The Hall–Kier alpha value is -1.30. The second kappa shape index (κ2) is 6.64. The maximum Gasteiger partial charge on any atom is 0.321 e. The van der Waals surface area contributed by atoms with E-state index in [1.165, 1.54) is 0 Å². The fourth-order valence-electron chi connectivity index (χ4n) is 2.58. The summed E-state index contributed by atoms with van der Waals surface area (Å²) in [6, 6.07) is 4.34. The third-order valence-electron chi connectivity index (χ3n) is 3.63. The van der Waals surface area contributed by atoms with Crippen molar-refractivity contribution >= 4 is 40.8 Å².